The zero-order valence-corrected chi connectivity index (χ0v) is 11.6. The smallest absolute Gasteiger partial charge is 0.253 e. The van der Waals surface area contributed by atoms with Crippen molar-refractivity contribution < 1.29 is 9.53 Å². The van der Waals surface area contributed by atoms with Gasteiger partial charge in [0.15, 0.2) is 0 Å². The van der Waals surface area contributed by atoms with E-state index in [0.717, 1.165) is 24.1 Å². The van der Waals surface area contributed by atoms with Gasteiger partial charge in [-0.25, -0.2) is 0 Å². The molecule has 0 heterocycles. The van der Waals surface area contributed by atoms with Gasteiger partial charge in [0.1, 0.15) is 6.10 Å². The molecule has 4 heteroatoms. The van der Waals surface area contributed by atoms with Crippen LogP contribution in [0, 0.1) is 6.92 Å². The summed E-state index contributed by atoms with van der Waals surface area (Å²) in [6, 6.07) is 5.51. The van der Waals surface area contributed by atoms with Crippen LogP contribution in [0.25, 0.3) is 0 Å². The lowest BCUT2D eigenvalue weighted by atomic mass is 10.1. The molecule has 1 aliphatic carbocycles. The van der Waals surface area contributed by atoms with Gasteiger partial charge in [0.2, 0.25) is 0 Å². The molecule has 1 saturated carbocycles. The Hall–Kier alpha value is -1.55. The first-order valence-corrected chi connectivity index (χ1v) is 6.89. The Labute approximate surface area is 114 Å². The number of rotatable bonds is 4. The average molecular weight is 262 g/mol. The van der Waals surface area contributed by atoms with Crippen molar-refractivity contribution in [2.24, 2.45) is 0 Å². The SMILES string of the molecule is Cc1c(N)cccc1NC(=O)C(C)OC1CCCC1. The highest BCUT2D eigenvalue weighted by molar-refractivity contribution is 5.95. The number of nitrogens with one attached hydrogen (secondary N) is 1. The van der Waals surface area contributed by atoms with Crippen molar-refractivity contribution in [3.05, 3.63) is 23.8 Å². The number of nitrogens with two attached hydrogens (primary N) is 1. The van der Waals surface area contributed by atoms with Crippen LogP contribution in [0.5, 0.6) is 0 Å². The van der Waals surface area contributed by atoms with Gasteiger partial charge in [-0.05, 0) is 44.4 Å². The van der Waals surface area contributed by atoms with Gasteiger partial charge in [-0.3, -0.25) is 4.79 Å². The van der Waals surface area contributed by atoms with Crippen molar-refractivity contribution in [3.63, 3.8) is 0 Å². The van der Waals surface area contributed by atoms with Gasteiger partial charge < -0.3 is 15.8 Å². The van der Waals surface area contributed by atoms with Gasteiger partial charge in [-0.2, -0.15) is 0 Å². The minimum absolute atomic E-state index is 0.111. The van der Waals surface area contributed by atoms with E-state index in [1.54, 1.807) is 6.92 Å². The summed E-state index contributed by atoms with van der Waals surface area (Å²) in [6.07, 6.45) is 4.34. The molecule has 1 aromatic carbocycles. The number of hydrogen-bond donors (Lipinski definition) is 2. The van der Waals surface area contributed by atoms with Crippen molar-refractivity contribution in [3.8, 4) is 0 Å². The predicted octanol–water partition coefficient (Wildman–Crippen LogP) is 2.86. The second kappa shape index (κ2) is 6.06. The van der Waals surface area contributed by atoms with Gasteiger partial charge in [0, 0.05) is 11.4 Å². The Balaban J connectivity index is 1.94. The van der Waals surface area contributed by atoms with E-state index in [0.29, 0.717) is 5.69 Å². The summed E-state index contributed by atoms with van der Waals surface area (Å²) in [5.41, 5.74) is 8.15. The van der Waals surface area contributed by atoms with E-state index in [1.807, 2.05) is 25.1 Å². The highest BCUT2D eigenvalue weighted by Gasteiger charge is 2.22. The largest absolute Gasteiger partial charge is 0.398 e. The topological polar surface area (TPSA) is 64.3 Å². The molecule has 0 spiro atoms. The van der Waals surface area contributed by atoms with Gasteiger partial charge in [0.05, 0.1) is 6.10 Å². The first-order chi connectivity index (χ1) is 9.08. The molecule has 1 aromatic rings. The van der Waals surface area contributed by atoms with Crippen LogP contribution in [0.15, 0.2) is 18.2 Å². The lowest BCUT2D eigenvalue weighted by molar-refractivity contribution is -0.129. The Bertz CT molecular complexity index is 453. The first kappa shape index (κ1) is 13.9. The van der Waals surface area contributed by atoms with E-state index in [1.165, 1.54) is 12.8 Å². The van der Waals surface area contributed by atoms with Crippen LogP contribution >= 0.6 is 0 Å². The molecular weight excluding hydrogens is 240 g/mol. The summed E-state index contributed by atoms with van der Waals surface area (Å²) in [5.74, 6) is -0.111. The maximum Gasteiger partial charge on any atom is 0.253 e. The van der Waals surface area contributed by atoms with Crippen LogP contribution in [0.3, 0.4) is 0 Å². The summed E-state index contributed by atoms with van der Waals surface area (Å²) < 4.78 is 5.77. The summed E-state index contributed by atoms with van der Waals surface area (Å²) in [6.45, 7) is 3.70. The van der Waals surface area contributed by atoms with Gasteiger partial charge in [-0.15, -0.1) is 0 Å². The zero-order valence-electron chi connectivity index (χ0n) is 11.6. The molecule has 1 unspecified atom stereocenters. The number of ether oxygens (including phenoxy) is 1. The number of amides is 1. The van der Waals surface area contributed by atoms with E-state index in [-0.39, 0.29) is 12.0 Å². The quantitative estimate of drug-likeness (QED) is 0.820. The fourth-order valence-corrected chi connectivity index (χ4v) is 2.40. The van der Waals surface area contributed by atoms with Crippen molar-refractivity contribution in [1.82, 2.24) is 0 Å². The molecular formula is C15H22N2O2. The predicted molar refractivity (Wildman–Crippen MR) is 77.0 cm³/mol. The van der Waals surface area contributed by atoms with Crippen LogP contribution in [-0.2, 0) is 9.53 Å². The molecule has 2 rings (SSSR count). The molecule has 1 aliphatic rings. The summed E-state index contributed by atoms with van der Waals surface area (Å²) >= 11 is 0. The van der Waals surface area contributed by atoms with Crippen LogP contribution in [0.2, 0.25) is 0 Å². The maximum atomic E-state index is 12.1. The molecule has 1 fully saturated rings. The normalized spacial score (nSPS) is 17.4. The minimum atomic E-state index is -0.427. The lowest BCUT2D eigenvalue weighted by Crippen LogP contribution is -2.31. The Morgan fingerprint density at radius 3 is 2.79 bits per heavy atom. The lowest BCUT2D eigenvalue weighted by Gasteiger charge is -2.18. The Kier molecular flexibility index (Phi) is 4.43. The van der Waals surface area contributed by atoms with E-state index >= 15 is 0 Å². The molecule has 0 radical (unpaired) electrons. The van der Waals surface area contributed by atoms with Crippen molar-refractivity contribution in [1.29, 1.82) is 0 Å². The monoisotopic (exact) mass is 262 g/mol. The van der Waals surface area contributed by atoms with Crippen molar-refractivity contribution in [2.75, 3.05) is 11.1 Å². The van der Waals surface area contributed by atoms with E-state index in [4.69, 9.17) is 10.5 Å². The summed E-state index contributed by atoms with van der Waals surface area (Å²) in [7, 11) is 0. The van der Waals surface area contributed by atoms with Crippen LogP contribution < -0.4 is 11.1 Å². The summed E-state index contributed by atoms with van der Waals surface area (Å²) in [5, 5.41) is 2.88. The van der Waals surface area contributed by atoms with Crippen LogP contribution in [0.4, 0.5) is 11.4 Å². The molecule has 1 amide bonds. The van der Waals surface area contributed by atoms with E-state index < -0.39 is 6.10 Å². The third kappa shape index (κ3) is 3.47. The van der Waals surface area contributed by atoms with Gasteiger partial charge in [0.25, 0.3) is 5.91 Å². The standard InChI is InChI=1S/C15H22N2O2/c1-10-13(16)8-5-9-14(10)17-15(18)11(2)19-12-6-3-4-7-12/h5,8-9,11-12H,3-4,6-7,16H2,1-2H3,(H,17,18). The van der Waals surface area contributed by atoms with Gasteiger partial charge >= 0.3 is 0 Å². The molecule has 0 bridgehead atoms. The molecule has 1 atom stereocenters. The van der Waals surface area contributed by atoms with Crippen molar-refractivity contribution in [2.45, 2.75) is 51.7 Å². The number of nitrogen functional groups attached to an aromatic ring is 1. The molecule has 0 aromatic heterocycles. The second-order valence-corrected chi connectivity index (χ2v) is 5.19. The molecule has 19 heavy (non-hydrogen) atoms. The fraction of sp³-hybridized carbons (Fsp3) is 0.533. The molecule has 0 saturated heterocycles. The number of anilines is 2. The zero-order chi connectivity index (χ0) is 13.8. The number of carbonyl (C=O) groups is 1. The molecule has 104 valence electrons. The number of benzene rings is 1. The molecule has 0 aliphatic heterocycles. The maximum absolute atomic E-state index is 12.1. The number of hydrogen-bond acceptors (Lipinski definition) is 3. The van der Waals surface area contributed by atoms with Gasteiger partial charge in [-0.1, -0.05) is 18.9 Å². The Morgan fingerprint density at radius 1 is 1.42 bits per heavy atom. The van der Waals surface area contributed by atoms with E-state index in [9.17, 15) is 4.79 Å². The third-order valence-corrected chi connectivity index (χ3v) is 3.70. The first-order valence-electron chi connectivity index (χ1n) is 6.89. The van der Waals surface area contributed by atoms with Crippen LogP contribution in [-0.4, -0.2) is 18.1 Å². The van der Waals surface area contributed by atoms with Crippen molar-refractivity contribution >= 4 is 17.3 Å². The molecule has 4 nitrogen and oxygen atoms in total. The highest BCUT2D eigenvalue weighted by atomic mass is 16.5. The summed E-state index contributed by atoms with van der Waals surface area (Å²) in [4.78, 5) is 12.1. The highest BCUT2D eigenvalue weighted by Crippen LogP contribution is 2.23. The minimum Gasteiger partial charge on any atom is -0.398 e. The van der Waals surface area contributed by atoms with E-state index in [2.05, 4.69) is 5.32 Å². The second-order valence-electron chi connectivity index (χ2n) is 5.19. The Morgan fingerprint density at radius 2 is 2.11 bits per heavy atom. The average Bonchev–Trinajstić information content (AvgIpc) is 2.87. The molecule has 3 N–H and O–H groups in total. The fourth-order valence-electron chi connectivity index (χ4n) is 2.40. The van der Waals surface area contributed by atoms with Crippen LogP contribution in [0.1, 0.15) is 38.2 Å². The number of carbonyl (C=O) groups excluding carboxylic acids is 1. The third-order valence-electron chi connectivity index (χ3n) is 3.70.